The SMILES string of the molecule is CCc1c(OCc2ccccc2)c(=O)cc(C(F)F)n1C. The maximum Gasteiger partial charge on any atom is 0.278 e. The molecule has 0 saturated heterocycles. The largest absolute Gasteiger partial charge is 0.483 e. The molecule has 0 bridgehead atoms. The van der Waals surface area contributed by atoms with Crippen LogP contribution in [0, 0.1) is 0 Å². The van der Waals surface area contributed by atoms with E-state index < -0.39 is 11.9 Å². The van der Waals surface area contributed by atoms with E-state index in [0.717, 1.165) is 11.6 Å². The molecule has 2 aromatic rings. The zero-order valence-electron chi connectivity index (χ0n) is 12.0. The summed E-state index contributed by atoms with van der Waals surface area (Å²) >= 11 is 0. The van der Waals surface area contributed by atoms with Crippen LogP contribution in [0.4, 0.5) is 8.78 Å². The summed E-state index contributed by atoms with van der Waals surface area (Å²) in [6.45, 7) is 2.04. The Kier molecular flexibility index (Phi) is 4.73. The number of hydrogen-bond donors (Lipinski definition) is 0. The molecule has 0 aliphatic heterocycles. The zero-order chi connectivity index (χ0) is 15.4. The highest BCUT2D eigenvalue weighted by Gasteiger charge is 2.18. The average Bonchev–Trinajstić information content (AvgIpc) is 2.48. The van der Waals surface area contributed by atoms with Gasteiger partial charge in [0.05, 0.1) is 11.4 Å². The molecule has 1 heterocycles. The molecule has 5 heteroatoms. The van der Waals surface area contributed by atoms with Crippen molar-refractivity contribution in [3.05, 3.63) is 63.6 Å². The molecule has 0 amide bonds. The number of nitrogens with zero attached hydrogens (tertiary/aromatic N) is 1. The highest BCUT2D eigenvalue weighted by molar-refractivity contribution is 5.32. The summed E-state index contributed by atoms with van der Waals surface area (Å²) in [5, 5.41) is 0. The smallest absolute Gasteiger partial charge is 0.278 e. The van der Waals surface area contributed by atoms with Gasteiger partial charge in [0.15, 0.2) is 5.75 Å². The van der Waals surface area contributed by atoms with Crippen LogP contribution >= 0.6 is 0 Å². The van der Waals surface area contributed by atoms with Crippen LogP contribution < -0.4 is 10.2 Å². The molecule has 3 nitrogen and oxygen atoms in total. The average molecular weight is 293 g/mol. The molecule has 0 radical (unpaired) electrons. The molecular formula is C16H17F2NO2. The van der Waals surface area contributed by atoms with Gasteiger partial charge in [0.25, 0.3) is 6.43 Å². The number of hydrogen-bond acceptors (Lipinski definition) is 2. The van der Waals surface area contributed by atoms with Crippen molar-refractivity contribution in [1.82, 2.24) is 4.57 Å². The Labute approximate surface area is 121 Å². The van der Waals surface area contributed by atoms with Gasteiger partial charge in [0, 0.05) is 13.1 Å². The Balaban J connectivity index is 2.35. The summed E-state index contributed by atoms with van der Waals surface area (Å²) in [7, 11) is 1.52. The molecule has 0 fully saturated rings. The zero-order valence-corrected chi connectivity index (χ0v) is 12.0. The minimum Gasteiger partial charge on any atom is -0.483 e. The molecule has 1 aromatic heterocycles. The number of rotatable bonds is 5. The van der Waals surface area contributed by atoms with Gasteiger partial charge in [-0.05, 0) is 12.0 Å². The molecule has 0 aliphatic carbocycles. The summed E-state index contributed by atoms with van der Waals surface area (Å²) in [6, 6.07) is 10.3. The van der Waals surface area contributed by atoms with Gasteiger partial charge in [-0.25, -0.2) is 8.78 Å². The first kappa shape index (κ1) is 15.2. The standard InChI is InChI=1S/C16H17F2NO2/c1-3-12-15(21-10-11-7-5-4-6-8-11)14(20)9-13(16(17)18)19(12)2/h4-9,16H,3,10H2,1-2H3. The van der Waals surface area contributed by atoms with Crippen molar-refractivity contribution < 1.29 is 13.5 Å². The Morgan fingerprint density at radius 3 is 2.48 bits per heavy atom. The van der Waals surface area contributed by atoms with Crippen molar-refractivity contribution in [2.24, 2.45) is 7.05 Å². The van der Waals surface area contributed by atoms with E-state index >= 15 is 0 Å². The number of halogens is 2. The first-order valence-electron chi connectivity index (χ1n) is 6.72. The van der Waals surface area contributed by atoms with Crippen molar-refractivity contribution in [1.29, 1.82) is 0 Å². The second-order valence-electron chi connectivity index (χ2n) is 4.70. The molecule has 2 rings (SSSR count). The third-order valence-electron chi connectivity index (χ3n) is 3.34. The van der Waals surface area contributed by atoms with Crippen LogP contribution in [-0.4, -0.2) is 4.57 Å². The molecule has 112 valence electrons. The molecule has 0 aliphatic rings. The van der Waals surface area contributed by atoms with Crippen LogP contribution in [0.25, 0.3) is 0 Å². The molecule has 0 spiro atoms. The monoisotopic (exact) mass is 293 g/mol. The van der Waals surface area contributed by atoms with Crippen LogP contribution in [0.5, 0.6) is 5.75 Å². The molecule has 21 heavy (non-hydrogen) atoms. The van der Waals surface area contributed by atoms with Gasteiger partial charge in [-0.2, -0.15) is 0 Å². The van der Waals surface area contributed by atoms with E-state index in [1.165, 1.54) is 11.6 Å². The normalized spacial score (nSPS) is 10.9. The van der Waals surface area contributed by atoms with Gasteiger partial charge in [0.2, 0.25) is 5.43 Å². The second-order valence-corrected chi connectivity index (χ2v) is 4.70. The van der Waals surface area contributed by atoms with E-state index in [-0.39, 0.29) is 18.1 Å². The summed E-state index contributed by atoms with van der Waals surface area (Å²) in [5.74, 6) is 0.147. The highest BCUT2D eigenvalue weighted by atomic mass is 19.3. The lowest BCUT2D eigenvalue weighted by Gasteiger charge is -2.17. The van der Waals surface area contributed by atoms with E-state index in [1.807, 2.05) is 30.3 Å². The minimum atomic E-state index is -2.68. The first-order chi connectivity index (χ1) is 10.0. The second kappa shape index (κ2) is 6.52. The lowest BCUT2D eigenvalue weighted by Crippen LogP contribution is -2.19. The topological polar surface area (TPSA) is 31.2 Å². The number of pyridine rings is 1. The summed E-state index contributed by atoms with van der Waals surface area (Å²) in [5.41, 5.74) is 0.605. The van der Waals surface area contributed by atoms with Crippen LogP contribution in [0.1, 0.15) is 30.3 Å². The number of aromatic nitrogens is 1. The quantitative estimate of drug-likeness (QED) is 0.845. The van der Waals surface area contributed by atoms with Gasteiger partial charge >= 0.3 is 0 Å². The van der Waals surface area contributed by atoms with Gasteiger partial charge in [-0.1, -0.05) is 37.3 Å². The Bertz CT molecular complexity index is 666. The van der Waals surface area contributed by atoms with Crippen LogP contribution in [0.3, 0.4) is 0 Å². The Hall–Kier alpha value is -2.17. The van der Waals surface area contributed by atoms with Crippen molar-refractivity contribution in [2.75, 3.05) is 0 Å². The third kappa shape index (κ3) is 3.29. The molecule has 0 N–H and O–H groups in total. The van der Waals surface area contributed by atoms with Crippen LogP contribution in [-0.2, 0) is 20.1 Å². The number of ether oxygens (including phenoxy) is 1. The Morgan fingerprint density at radius 1 is 1.24 bits per heavy atom. The van der Waals surface area contributed by atoms with E-state index in [9.17, 15) is 13.6 Å². The van der Waals surface area contributed by atoms with Crippen molar-refractivity contribution >= 4 is 0 Å². The maximum atomic E-state index is 12.9. The molecule has 0 saturated carbocycles. The molecular weight excluding hydrogens is 276 g/mol. The molecule has 0 atom stereocenters. The van der Waals surface area contributed by atoms with Crippen molar-refractivity contribution in [2.45, 2.75) is 26.4 Å². The van der Waals surface area contributed by atoms with Gasteiger partial charge < -0.3 is 9.30 Å². The van der Waals surface area contributed by atoms with Gasteiger partial charge in [-0.15, -0.1) is 0 Å². The fourth-order valence-corrected chi connectivity index (χ4v) is 2.24. The van der Waals surface area contributed by atoms with Crippen LogP contribution in [0.2, 0.25) is 0 Å². The minimum absolute atomic E-state index is 0.147. The number of alkyl halides is 2. The lowest BCUT2D eigenvalue weighted by atomic mass is 10.2. The predicted octanol–water partition coefficient (Wildman–Crippen LogP) is 3.46. The third-order valence-corrected chi connectivity index (χ3v) is 3.34. The number of benzene rings is 1. The van der Waals surface area contributed by atoms with Crippen LogP contribution in [0.15, 0.2) is 41.2 Å². The lowest BCUT2D eigenvalue weighted by molar-refractivity contribution is 0.140. The van der Waals surface area contributed by atoms with Gasteiger partial charge in [0.1, 0.15) is 6.61 Å². The van der Waals surface area contributed by atoms with E-state index in [0.29, 0.717) is 12.1 Å². The summed E-state index contributed by atoms with van der Waals surface area (Å²) < 4.78 is 32.7. The molecule has 1 aromatic carbocycles. The van der Waals surface area contributed by atoms with Crippen molar-refractivity contribution in [3.8, 4) is 5.75 Å². The summed E-state index contributed by atoms with van der Waals surface area (Å²) in [4.78, 5) is 12.0. The highest BCUT2D eigenvalue weighted by Crippen LogP contribution is 2.23. The summed E-state index contributed by atoms with van der Waals surface area (Å²) in [6.07, 6.45) is -2.24. The fraction of sp³-hybridized carbons (Fsp3) is 0.312. The maximum absolute atomic E-state index is 12.9. The van der Waals surface area contributed by atoms with E-state index in [1.54, 1.807) is 6.92 Å². The molecule has 0 unspecified atom stereocenters. The van der Waals surface area contributed by atoms with Gasteiger partial charge in [-0.3, -0.25) is 4.79 Å². The van der Waals surface area contributed by atoms with E-state index in [4.69, 9.17) is 4.74 Å². The predicted molar refractivity (Wildman–Crippen MR) is 76.8 cm³/mol. The fourth-order valence-electron chi connectivity index (χ4n) is 2.24. The van der Waals surface area contributed by atoms with E-state index in [2.05, 4.69) is 0 Å². The van der Waals surface area contributed by atoms with Crippen molar-refractivity contribution in [3.63, 3.8) is 0 Å². The Morgan fingerprint density at radius 2 is 1.90 bits per heavy atom. The first-order valence-corrected chi connectivity index (χ1v) is 6.72.